The highest BCUT2D eigenvalue weighted by Crippen LogP contribution is 1.95. The molecule has 0 unspecified atom stereocenters. The summed E-state index contributed by atoms with van der Waals surface area (Å²) in [5.41, 5.74) is 0. The highest BCUT2D eigenvalue weighted by Gasteiger charge is 2.10. The quantitative estimate of drug-likeness (QED) is 0.465. The van der Waals surface area contributed by atoms with Crippen molar-refractivity contribution in [2.45, 2.75) is 40.3 Å². The van der Waals surface area contributed by atoms with E-state index < -0.39 is 0 Å². The second-order valence-corrected chi connectivity index (χ2v) is 2.64. The van der Waals surface area contributed by atoms with Gasteiger partial charge in [-0.15, -0.1) is 0 Å². The molecule has 0 saturated heterocycles. The van der Waals surface area contributed by atoms with E-state index in [-0.39, 0.29) is 24.0 Å². The Kier molecular flexibility index (Phi) is 5.53. The first-order valence-electron chi connectivity index (χ1n) is 4.40. The molecular formula is C9H17IN2. The van der Waals surface area contributed by atoms with E-state index in [1.807, 2.05) is 0 Å². The largest absolute Gasteiger partial charge is 1.00 e. The lowest BCUT2D eigenvalue weighted by atomic mass is 10.4. The zero-order chi connectivity index (χ0) is 8.27. The Morgan fingerprint density at radius 3 is 2.42 bits per heavy atom. The average molecular weight is 280 g/mol. The molecular weight excluding hydrogens is 263 g/mol. The Morgan fingerprint density at radius 1 is 1.33 bits per heavy atom. The molecule has 0 radical (unpaired) electrons. The van der Waals surface area contributed by atoms with Crippen LogP contribution in [0, 0.1) is 0 Å². The molecule has 3 heteroatoms. The van der Waals surface area contributed by atoms with E-state index in [0.29, 0.717) is 0 Å². The average Bonchev–Trinajstić information content (AvgIpc) is 2.45. The second-order valence-electron chi connectivity index (χ2n) is 2.64. The maximum Gasteiger partial charge on any atom is 0.256 e. The number of halogens is 1. The molecule has 0 saturated carbocycles. The molecule has 0 fully saturated rings. The van der Waals surface area contributed by atoms with E-state index in [4.69, 9.17) is 0 Å². The van der Waals surface area contributed by atoms with Crippen molar-refractivity contribution in [1.29, 1.82) is 0 Å². The standard InChI is InChI=1S/C9H17N2.HI/c1-4-9-10(5-2)7-8-11(9)6-3;/h7-8H,4-6H2,1-3H3;1H/q+1;/p-1. The molecule has 1 aromatic rings. The molecule has 0 spiro atoms. The lowest BCUT2D eigenvalue weighted by molar-refractivity contribution is -0.700. The fraction of sp³-hybridized carbons (Fsp3) is 0.667. The molecule has 0 aliphatic carbocycles. The van der Waals surface area contributed by atoms with E-state index in [1.54, 1.807) is 0 Å². The first kappa shape index (κ1) is 11.9. The highest BCUT2D eigenvalue weighted by molar-refractivity contribution is 4.82. The van der Waals surface area contributed by atoms with E-state index in [0.717, 1.165) is 19.5 Å². The van der Waals surface area contributed by atoms with E-state index >= 15 is 0 Å². The predicted octanol–water partition coefficient (Wildman–Crippen LogP) is -1.62. The molecule has 1 aromatic heterocycles. The summed E-state index contributed by atoms with van der Waals surface area (Å²) in [5, 5.41) is 0. The first-order chi connectivity index (χ1) is 5.33. The predicted molar refractivity (Wildman–Crippen MR) is 45.4 cm³/mol. The molecule has 1 rings (SSSR count). The Morgan fingerprint density at radius 2 is 2.00 bits per heavy atom. The van der Waals surface area contributed by atoms with Crippen molar-refractivity contribution in [3.05, 3.63) is 18.2 Å². The Hall–Kier alpha value is -0.0600. The summed E-state index contributed by atoms with van der Waals surface area (Å²) in [5.74, 6) is 1.43. The molecule has 12 heavy (non-hydrogen) atoms. The van der Waals surface area contributed by atoms with Crippen molar-refractivity contribution in [2.24, 2.45) is 0 Å². The summed E-state index contributed by atoms with van der Waals surface area (Å²) in [6.07, 6.45) is 5.43. The molecule has 2 nitrogen and oxygen atoms in total. The Bertz CT molecular complexity index is 209. The molecule has 0 atom stereocenters. The molecule has 1 heterocycles. The van der Waals surface area contributed by atoms with Gasteiger partial charge in [-0.05, 0) is 13.8 Å². The van der Waals surface area contributed by atoms with Gasteiger partial charge in [-0.2, -0.15) is 0 Å². The van der Waals surface area contributed by atoms with Crippen molar-refractivity contribution >= 4 is 0 Å². The Balaban J connectivity index is 0.00000121. The van der Waals surface area contributed by atoms with Gasteiger partial charge in [-0.3, -0.25) is 0 Å². The lowest BCUT2D eigenvalue weighted by Gasteiger charge is -1.97. The number of imidazole rings is 1. The van der Waals surface area contributed by atoms with Gasteiger partial charge in [0.15, 0.2) is 0 Å². The zero-order valence-corrected chi connectivity index (χ0v) is 10.2. The van der Waals surface area contributed by atoms with Crippen LogP contribution in [0.15, 0.2) is 12.4 Å². The minimum Gasteiger partial charge on any atom is -1.00 e. The van der Waals surface area contributed by atoms with Crippen molar-refractivity contribution in [3.8, 4) is 0 Å². The van der Waals surface area contributed by atoms with Crippen molar-refractivity contribution in [2.75, 3.05) is 0 Å². The Labute approximate surface area is 91.6 Å². The van der Waals surface area contributed by atoms with Gasteiger partial charge in [-0.25, -0.2) is 9.13 Å². The molecule has 70 valence electrons. The maximum absolute atomic E-state index is 2.30. The lowest BCUT2D eigenvalue weighted by Crippen LogP contribution is -3.00. The zero-order valence-electron chi connectivity index (χ0n) is 8.05. The van der Waals surface area contributed by atoms with Crippen LogP contribution in [-0.4, -0.2) is 4.57 Å². The number of aromatic nitrogens is 2. The molecule has 0 N–H and O–H groups in total. The number of aryl methyl sites for hydroxylation is 2. The number of rotatable bonds is 3. The van der Waals surface area contributed by atoms with Gasteiger partial charge in [0, 0.05) is 6.42 Å². The van der Waals surface area contributed by atoms with Gasteiger partial charge < -0.3 is 24.0 Å². The molecule has 0 bridgehead atoms. The van der Waals surface area contributed by atoms with Crippen LogP contribution in [0.2, 0.25) is 0 Å². The number of nitrogens with zero attached hydrogens (tertiary/aromatic N) is 2. The summed E-state index contributed by atoms with van der Waals surface area (Å²) < 4.78 is 4.59. The minimum absolute atomic E-state index is 0. The van der Waals surface area contributed by atoms with Crippen LogP contribution in [0.4, 0.5) is 0 Å². The van der Waals surface area contributed by atoms with Gasteiger partial charge >= 0.3 is 0 Å². The van der Waals surface area contributed by atoms with Crippen LogP contribution in [-0.2, 0) is 19.5 Å². The van der Waals surface area contributed by atoms with Crippen LogP contribution >= 0.6 is 0 Å². The SMILES string of the molecule is CCc1n(CC)cc[n+]1CC.[I-]. The van der Waals surface area contributed by atoms with Gasteiger partial charge in [-0.1, -0.05) is 6.92 Å². The summed E-state index contributed by atoms with van der Waals surface area (Å²) in [7, 11) is 0. The molecule has 0 amide bonds. The van der Waals surface area contributed by atoms with Crippen LogP contribution in [0.3, 0.4) is 0 Å². The summed E-state index contributed by atoms with van der Waals surface area (Å²) in [4.78, 5) is 0. The van der Waals surface area contributed by atoms with Gasteiger partial charge in [0.1, 0.15) is 12.4 Å². The third-order valence-electron chi connectivity index (χ3n) is 2.09. The summed E-state index contributed by atoms with van der Waals surface area (Å²) >= 11 is 0. The van der Waals surface area contributed by atoms with E-state index in [2.05, 4.69) is 42.3 Å². The van der Waals surface area contributed by atoms with Gasteiger partial charge in [0.2, 0.25) is 0 Å². The van der Waals surface area contributed by atoms with Gasteiger partial charge in [0.05, 0.1) is 13.1 Å². The molecule has 0 aliphatic rings. The third-order valence-corrected chi connectivity index (χ3v) is 2.09. The maximum atomic E-state index is 2.30. The van der Waals surface area contributed by atoms with Crippen molar-refractivity contribution < 1.29 is 28.5 Å². The highest BCUT2D eigenvalue weighted by atomic mass is 127. The first-order valence-corrected chi connectivity index (χ1v) is 4.40. The summed E-state index contributed by atoms with van der Waals surface area (Å²) in [6, 6.07) is 0. The second kappa shape index (κ2) is 5.56. The number of hydrogen-bond acceptors (Lipinski definition) is 0. The smallest absolute Gasteiger partial charge is 0.256 e. The van der Waals surface area contributed by atoms with Gasteiger partial charge in [0.25, 0.3) is 5.82 Å². The van der Waals surface area contributed by atoms with Crippen LogP contribution in [0.1, 0.15) is 26.6 Å². The topological polar surface area (TPSA) is 8.81 Å². The van der Waals surface area contributed by atoms with Crippen molar-refractivity contribution in [3.63, 3.8) is 0 Å². The van der Waals surface area contributed by atoms with Crippen LogP contribution in [0.25, 0.3) is 0 Å². The van der Waals surface area contributed by atoms with Crippen molar-refractivity contribution in [1.82, 2.24) is 4.57 Å². The third kappa shape index (κ3) is 2.21. The minimum atomic E-state index is 0. The normalized spacial score (nSPS) is 9.58. The van der Waals surface area contributed by atoms with Crippen LogP contribution < -0.4 is 28.5 Å². The fourth-order valence-corrected chi connectivity index (χ4v) is 1.48. The van der Waals surface area contributed by atoms with E-state index in [1.165, 1.54) is 5.82 Å². The molecule has 0 aromatic carbocycles. The number of hydrogen-bond donors (Lipinski definition) is 0. The van der Waals surface area contributed by atoms with Crippen LogP contribution in [0.5, 0.6) is 0 Å². The summed E-state index contributed by atoms with van der Waals surface area (Å²) in [6.45, 7) is 8.72. The monoisotopic (exact) mass is 280 g/mol. The fourth-order valence-electron chi connectivity index (χ4n) is 1.48. The van der Waals surface area contributed by atoms with E-state index in [9.17, 15) is 0 Å². The molecule has 0 aliphatic heterocycles.